The van der Waals surface area contributed by atoms with Gasteiger partial charge in [-0.1, -0.05) is 30.3 Å². The van der Waals surface area contributed by atoms with Crippen molar-refractivity contribution in [3.8, 4) is 0 Å². The third-order valence-corrected chi connectivity index (χ3v) is 2.34. The Morgan fingerprint density at radius 1 is 1.21 bits per heavy atom. The van der Waals surface area contributed by atoms with Crippen molar-refractivity contribution in [3.05, 3.63) is 35.9 Å². The van der Waals surface area contributed by atoms with E-state index in [-0.39, 0.29) is 0 Å². The van der Waals surface area contributed by atoms with Crippen molar-refractivity contribution < 1.29 is 5.11 Å². The van der Waals surface area contributed by atoms with Gasteiger partial charge in [0.1, 0.15) is 6.23 Å². The van der Waals surface area contributed by atoms with Crippen molar-refractivity contribution in [2.24, 2.45) is 0 Å². The van der Waals surface area contributed by atoms with Gasteiger partial charge in [0.05, 0.1) is 0 Å². The minimum absolute atomic E-state index is 0.557. The second-order valence-electron chi connectivity index (χ2n) is 3.80. The number of rotatable bonds is 5. The third kappa shape index (κ3) is 3.90. The summed E-state index contributed by atoms with van der Waals surface area (Å²) in [6.07, 6.45) is 2.14. The van der Waals surface area contributed by atoms with Crippen molar-refractivity contribution in [3.63, 3.8) is 0 Å². The minimum Gasteiger partial charge on any atom is -0.282 e. The lowest BCUT2D eigenvalue weighted by Gasteiger charge is -2.15. The van der Waals surface area contributed by atoms with Crippen LogP contribution in [0.2, 0.25) is 0 Å². The molecule has 0 bridgehead atoms. The number of hydrogen-bond donors (Lipinski definition) is 0. The fourth-order valence-electron chi connectivity index (χ4n) is 1.38. The molecule has 0 aliphatic carbocycles. The van der Waals surface area contributed by atoms with Crippen molar-refractivity contribution >= 4 is 0 Å². The van der Waals surface area contributed by atoms with E-state index in [1.165, 1.54) is 5.56 Å². The summed E-state index contributed by atoms with van der Waals surface area (Å²) in [4.78, 5) is 1.73. The van der Waals surface area contributed by atoms with Gasteiger partial charge in [-0.25, -0.2) is 5.11 Å². The van der Waals surface area contributed by atoms with E-state index < -0.39 is 6.23 Å². The van der Waals surface area contributed by atoms with Gasteiger partial charge in [0, 0.05) is 0 Å². The van der Waals surface area contributed by atoms with Gasteiger partial charge < -0.3 is 0 Å². The van der Waals surface area contributed by atoms with Crippen LogP contribution in [0.3, 0.4) is 0 Å². The second kappa shape index (κ2) is 5.78. The van der Waals surface area contributed by atoms with Gasteiger partial charge in [-0.2, -0.15) is 0 Å². The van der Waals surface area contributed by atoms with Gasteiger partial charge in [-0.3, -0.25) is 4.90 Å². The summed E-state index contributed by atoms with van der Waals surface area (Å²) in [6.45, 7) is 0. The molecule has 0 aliphatic heterocycles. The molecule has 0 saturated carbocycles. The Balaban J connectivity index is 2.22. The van der Waals surface area contributed by atoms with Crippen LogP contribution in [0.4, 0.5) is 0 Å². The Labute approximate surface area is 86.2 Å². The maximum Gasteiger partial charge on any atom is 0.145 e. The highest BCUT2D eigenvalue weighted by Crippen LogP contribution is 2.07. The summed E-state index contributed by atoms with van der Waals surface area (Å²) < 4.78 is 0. The summed E-state index contributed by atoms with van der Waals surface area (Å²) >= 11 is 0. The molecular formula is C12H18NO. The Hall–Kier alpha value is -0.860. The van der Waals surface area contributed by atoms with E-state index in [9.17, 15) is 5.11 Å². The molecule has 1 atom stereocenters. The standard InChI is InChI=1S/C12H18NO/c1-13(2)12(14)10-6-9-11-7-4-3-5-8-11/h3-5,7-8,12H,6,9-10H2,1-2H3. The fourth-order valence-corrected chi connectivity index (χ4v) is 1.38. The number of benzene rings is 1. The topological polar surface area (TPSA) is 23.1 Å². The van der Waals surface area contributed by atoms with Crippen molar-refractivity contribution in [2.75, 3.05) is 14.1 Å². The van der Waals surface area contributed by atoms with Crippen LogP contribution < -0.4 is 0 Å². The Bertz CT molecular complexity index is 246. The normalized spacial score (nSPS) is 13.1. The van der Waals surface area contributed by atoms with Crippen LogP contribution in [0.5, 0.6) is 0 Å². The summed E-state index contributed by atoms with van der Waals surface area (Å²) in [7, 11) is 3.67. The predicted octanol–water partition coefficient (Wildman–Crippen LogP) is 2.33. The van der Waals surface area contributed by atoms with Gasteiger partial charge in [-0.05, 0) is 38.9 Å². The van der Waals surface area contributed by atoms with Crippen LogP contribution in [0, 0.1) is 0 Å². The summed E-state index contributed by atoms with van der Waals surface area (Å²) in [5.41, 5.74) is 1.32. The number of aryl methyl sites for hydroxylation is 1. The Morgan fingerprint density at radius 3 is 2.43 bits per heavy atom. The SMILES string of the molecule is CN(C)C([O])CCCc1ccccc1. The van der Waals surface area contributed by atoms with Crippen LogP contribution >= 0.6 is 0 Å². The van der Waals surface area contributed by atoms with Crippen molar-refractivity contribution in [1.82, 2.24) is 4.90 Å². The van der Waals surface area contributed by atoms with Crippen LogP contribution in [0.1, 0.15) is 18.4 Å². The van der Waals surface area contributed by atoms with Crippen molar-refractivity contribution in [2.45, 2.75) is 25.5 Å². The summed E-state index contributed by atoms with van der Waals surface area (Å²) in [6, 6.07) is 10.3. The molecule has 1 radical (unpaired) electrons. The minimum atomic E-state index is -0.557. The first-order valence-electron chi connectivity index (χ1n) is 5.06. The molecule has 0 aromatic heterocycles. The highest BCUT2D eigenvalue weighted by Gasteiger charge is 2.07. The molecule has 77 valence electrons. The Morgan fingerprint density at radius 2 is 1.86 bits per heavy atom. The molecule has 0 spiro atoms. The van der Waals surface area contributed by atoms with Gasteiger partial charge in [0.2, 0.25) is 0 Å². The average Bonchev–Trinajstić information content (AvgIpc) is 2.19. The molecule has 0 saturated heterocycles. The van der Waals surface area contributed by atoms with E-state index in [1.54, 1.807) is 4.90 Å². The zero-order valence-electron chi connectivity index (χ0n) is 8.94. The van der Waals surface area contributed by atoms with Gasteiger partial charge in [-0.15, -0.1) is 0 Å². The van der Waals surface area contributed by atoms with E-state index in [1.807, 2.05) is 32.3 Å². The van der Waals surface area contributed by atoms with E-state index in [4.69, 9.17) is 0 Å². The summed E-state index contributed by atoms with van der Waals surface area (Å²) in [5, 5.41) is 11.3. The van der Waals surface area contributed by atoms with Crippen LogP contribution in [-0.2, 0) is 11.5 Å². The van der Waals surface area contributed by atoms with Crippen molar-refractivity contribution in [1.29, 1.82) is 0 Å². The molecule has 2 heteroatoms. The van der Waals surface area contributed by atoms with Crippen LogP contribution in [-0.4, -0.2) is 25.2 Å². The zero-order valence-corrected chi connectivity index (χ0v) is 8.94. The van der Waals surface area contributed by atoms with Gasteiger partial charge in [0.15, 0.2) is 0 Å². The first kappa shape index (κ1) is 11.2. The molecule has 0 N–H and O–H groups in total. The zero-order chi connectivity index (χ0) is 10.4. The molecule has 1 aromatic rings. The molecule has 0 fully saturated rings. The molecule has 0 amide bonds. The van der Waals surface area contributed by atoms with E-state index in [2.05, 4.69) is 12.1 Å². The largest absolute Gasteiger partial charge is 0.282 e. The van der Waals surface area contributed by atoms with E-state index in [0.29, 0.717) is 0 Å². The van der Waals surface area contributed by atoms with Gasteiger partial charge >= 0.3 is 0 Å². The maximum absolute atomic E-state index is 11.3. The molecule has 1 rings (SSSR count). The molecule has 1 unspecified atom stereocenters. The summed E-state index contributed by atoms with van der Waals surface area (Å²) in [5.74, 6) is 0. The fraction of sp³-hybridized carbons (Fsp3) is 0.500. The molecule has 14 heavy (non-hydrogen) atoms. The van der Waals surface area contributed by atoms with E-state index in [0.717, 1.165) is 19.3 Å². The Kier molecular flexibility index (Phi) is 4.63. The lowest BCUT2D eigenvalue weighted by atomic mass is 10.1. The van der Waals surface area contributed by atoms with Gasteiger partial charge in [0.25, 0.3) is 0 Å². The van der Waals surface area contributed by atoms with Crippen LogP contribution in [0.25, 0.3) is 0 Å². The first-order valence-corrected chi connectivity index (χ1v) is 5.06. The highest BCUT2D eigenvalue weighted by atomic mass is 16.3. The molecule has 1 aromatic carbocycles. The lowest BCUT2D eigenvalue weighted by molar-refractivity contribution is -0.0271. The quantitative estimate of drug-likeness (QED) is 0.657. The maximum atomic E-state index is 11.3. The van der Waals surface area contributed by atoms with Crippen LogP contribution in [0.15, 0.2) is 30.3 Å². The number of hydrogen-bond acceptors (Lipinski definition) is 1. The number of nitrogens with zero attached hydrogens (tertiary/aromatic N) is 1. The van der Waals surface area contributed by atoms with E-state index >= 15 is 0 Å². The third-order valence-electron chi connectivity index (χ3n) is 2.34. The lowest BCUT2D eigenvalue weighted by Crippen LogP contribution is -2.25. The first-order chi connectivity index (χ1) is 6.70. The molecular weight excluding hydrogens is 174 g/mol. The second-order valence-corrected chi connectivity index (χ2v) is 3.80. The smallest absolute Gasteiger partial charge is 0.145 e. The highest BCUT2D eigenvalue weighted by molar-refractivity contribution is 5.14. The molecule has 2 nitrogen and oxygen atoms in total. The average molecular weight is 192 g/mol. The predicted molar refractivity (Wildman–Crippen MR) is 57.5 cm³/mol. The monoisotopic (exact) mass is 192 g/mol. The molecule has 0 aliphatic rings. The molecule has 0 heterocycles.